The number of para-hydroxylation sites is 1. The molecular weight excluding hydrogens is 703 g/mol. The van der Waals surface area contributed by atoms with Gasteiger partial charge in [-0.15, -0.1) is 0 Å². The SMILES string of the molecule is c1ccc(-c2c(-c3cccc(N(c4ccc(-c5ccc6c(ccc7ccccc76)c5)cc4)c4ccc(-c5cccc6ccccc56)cc4)c3)oc3ccccc23)cc1. The van der Waals surface area contributed by atoms with E-state index in [2.05, 4.69) is 223 Å². The van der Waals surface area contributed by atoms with Crippen molar-refractivity contribution in [3.8, 4) is 44.7 Å². The molecule has 10 aromatic carbocycles. The van der Waals surface area contributed by atoms with Crippen LogP contribution in [0, 0.1) is 0 Å². The Bertz CT molecular complexity index is 3260. The van der Waals surface area contributed by atoms with Gasteiger partial charge in [0.15, 0.2) is 0 Å². The molecule has 1 heterocycles. The fourth-order valence-electron chi connectivity index (χ4n) is 8.64. The fourth-order valence-corrected chi connectivity index (χ4v) is 8.64. The summed E-state index contributed by atoms with van der Waals surface area (Å²) < 4.78 is 6.69. The van der Waals surface area contributed by atoms with Crippen LogP contribution in [0.1, 0.15) is 0 Å². The van der Waals surface area contributed by atoms with Crippen molar-refractivity contribution in [2.24, 2.45) is 0 Å². The first kappa shape index (κ1) is 33.6. The standard InChI is InChI=1S/C56H37NO/c1-2-14-42(15-3-1)55-53-21-8-9-23-54(53)58-56(55)45-17-10-18-48(37-45)57(47-33-28-41(29-34-47)51-22-11-16-39-12-4-6-19-49(39)51)46-31-26-38(27-32-46)43-30-35-52-44(36-43)25-24-40-13-5-7-20-50(40)52/h1-37H. The molecule has 0 bridgehead atoms. The largest absolute Gasteiger partial charge is 0.455 e. The van der Waals surface area contributed by atoms with E-state index in [-0.39, 0.29) is 0 Å². The molecule has 0 spiro atoms. The maximum absolute atomic E-state index is 6.69. The molecular formula is C56H37NO. The smallest absolute Gasteiger partial charge is 0.143 e. The maximum atomic E-state index is 6.69. The second-order valence-electron chi connectivity index (χ2n) is 14.9. The van der Waals surface area contributed by atoms with Crippen molar-refractivity contribution < 1.29 is 4.42 Å². The van der Waals surface area contributed by atoms with E-state index in [1.807, 2.05) is 6.07 Å². The average molecular weight is 740 g/mol. The Kier molecular flexibility index (Phi) is 8.19. The minimum absolute atomic E-state index is 0.861. The zero-order chi connectivity index (χ0) is 38.4. The Morgan fingerprint density at radius 2 is 0.862 bits per heavy atom. The number of fused-ring (bicyclic) bond motifs is 5. The van der Waals surface area contributed by atoms with Crippen molar-refractivity contribution in [3.05, 3.63) is 224 Å². The van der Waals surface area contributed by atoms with Crippen molar-refractivity contribution in [1.82, 2.24) is 0 Å². The second kappa shape index (κ2) is 14.1. The molecule has 0 unspecified atom stereocenters. The van der Waals surface area contributed by atoms with Crippen molar-refractivity contribution >= 4 is 60.3 Å². The van der Waals surface area contributed by atoms with E-state index < -0.39 is 0 Å². The third-order valence-electron chi connectivity index (χ3n) is 11.5. The Labute approximate surface area is 337 Å². The lowest BCUT2D eigenvalue weighted by Crippen LogP contribution is -2.10. The molecule has 0 aliphatic carbocycles. The van der Waals surface area contributed by atoms with Gasteiger partial charge in [0.05, 0.1) is 0 Å². The summed E-state index contributed by atoms with van der Waals surface area (Å²) >= 11 is 0. The summed E-state index contributed by atoms with van der Waals surface area (Å²) in [6, 6.07) is 80.5. The molecule has 0 saturated heterocycles. The summed E-state index contributed by atoms with van der Waals surface area (Å²) in [5, 5.41) is 8.65. The molecule has 11 rings (SSSR count). The van der Waals surface area contributed by atoms with Gasteiger partial charge in [-0.25, -0.2) is 0 Å². The predicted octanol–water partition coefficient (Wildman–Crippen LogP) is 16.0. The zero-order valence-corrected chi connectivity index (χ0v) is 31.7. The highest BCUT2D eigenvalue weighted by atomic mass is 16.3. The lowest BCUT2D eigenvalue weighted by atomic mass is 9.97. The highest BCUT2D eigenvalue weighted by Gasteiger charge is 2.20. The number of benzene rings is 10. The summed E-state index contributed by atoms with van der Waals surface area (Å²) in [7, 11) is 0. The number of furan rings is 1. The summed E-state index contributed by atoms with van der Waals surface area (Å²) in [6.45, 7) is 0. The third kappa shape index (κ3) is 5.91. The van der Waals surface area contributed by atoms with Crippen molar-refractivity contribution in [3.63, 3.8) is 0 Å². The second-order valence-corrected chi connectivity index (χ2v) is 14.9. The van der Waals surface area contributed by atoms with E-state index in [1.165, 1.54) is 54.6 Å². The maximum Gasteiger partial charge on any atom is 0.143 e. The molecule has 0 atom stereocenters. The molecule has 11 aromatic rings. The van der Waals surface area contributed by atoms with Gasteiger partial charge in [0.2, 0.25) is 0 Å². The van der Waals surface area contributed by atoms with Gasteiger partial charge in [-0.2, -0.15) is 0 Å². The molecule has 0 radical (unpaired) electrons. The molecule has 1 aromatic heterocycles. The monoisotopic (exact) mass is 739 g/mol. The number of hydrogen-bond donors (Lipinski definition) is 0. The van der Waals surface area contributed by atoms with Gasteiger partial charge < -0.3 is 9.32 Å². The van der Waals surface area contributed by atoms with Crippen LogP contribution in [0.4, 0.5) is 17.1 Å². The van der Waals surface area contributed by atoms with Crippen LogP contribution < -0.4 is 4.90 Å². The quantitative estimate of drug-likeness (QED) is 0.151. The Hall–Kier alpha value is -7.68. The van der Waals surface area contributed by atoms with E-state index in [4.69, 9.17) is 4.42 Å². The van der Waals surface area contributed by atoms with Gasteiger partial charge in [0.25, 0.3) is 0 Å². The minimum Gasteiger partial charge on any atom is -0.455 e. The van der Waals surface area contributed by atoms with Gasteiger partial charge in [-0.3, -0.25) is 0 Å². The summed E-state index contributed by atoms with van der Waals surface area (Å²) in [5.74, 6) is 0.861. The van der Waals surface area contributed by atoms with Crippen LogP contribution in [0.5, 0.6) is 0 Å². The van der Waals surface area contributed by atoms with Crippen LogP contribution in [0.2, 0.25) is 0 Å². The van der Waals surface area contributed by atoms with Crippen molar-refractivity contribution in [2.45, 2.75) is 0 Å². The molecule has 0 N–H and O–H groups in total. The normalized spacial score (nSPS) is 11.4. The van der Waals surface area contributed by atoms with Crippen molar-refractivity contribution in [1.29, 1.82) is 0 Å². The first-order valence-electron chi connectivity index (χ1n) is 19.8. The molecule has 0 fully saturated rings. The van der Waals surface area contributed by atoms with Crippen molar-refractivity contribution in [2.75, 3.05) is 4.90 Å². The third-order valence-corrected chi connectivity index (χ3v) is 11.5. The summed E-state index contributed by atoms with van der Waals surface area (Å²) in [6.07, 6.45) is 0. The Balaban J connectivity index is 1.03. The molecule has 0 aliphatic heterocycles. The number of nitrogens with zero attached hydrogens (tertiary/aromatic N) is 1. The topological polar surface area (TPSA) is 16.4 Å². The van der Waals surface area contributed by atoms with Crippen LogP contribution >= 0.6 is 0 Å². The molecule has 272 valence electrons. The number of anilines is 3. The lowest BCUT2D eigenvalue weighted by Gasteiger charge is -2.26. The predicted molar refractivity (Wildman–Crippen MR) is 245 cm³/mol. The molecule has 0 amide bonds. The highest BCUT2D eigenvalue weighted by molar-refractivity contribution is 6.08. The van der Waals surface area contributed by atoms with Crippen LogP contribution in [0.15, 0.2) is 229 Å². The van der Waals surface area contributed by atoms with Gasteiger partial charge in [0.1, 0.15) is 11.3 Å². The number of hydrogen-bond acceptors (Lipinski definition) is 2. The molecule has 0 saturated carbocycles. The summed E-state index contributed by atoms with van der Waals surface area (Å²) in [5.41, 5.74) is 12.1. The molecule has 2 heteroatoms. The van der Waals surface area contributed by atoms with Gasteiger partial charge in [0, 0.05) is 33.6 Å². The molecule has 58 heavy (non-hydrogen) atoms. The summed E-state index contributed by atoms with van der Waals surface area (Å²) in [4.78, 5) is 2.34. The first-order chi connectivity index (χ1) is 28.7. The van der Waals surface area contributed by atoms with Gasteiger partial charge >= 0.3 is 0 Å². The van der Waals surface area contributed by atoms with Crippen LogP contribution in [-0.2, 0) is 0 Å². The fraction of sp³-hybridized carbons (Fsp3) is 0. The Morgan fingerprint density at radius 1 is 0.293 bits per heavy atom. The van der Waals surface area contributed by atoms with Gasteiger partial charge in [-0.05, 0) is 109 Å². The first-order valence-corrected chi connectivity index (χ1v) is 19.8. The molecule has 2 nitrogen and oxygen atoms in total. The minimum atomic E-state index is 0.861. The van der Waals surface area contributed by atoms with E-state index >= 15 is 0 Å². The lowest BCUT2D eigenvalue weighted by molar-refractivity contribution is 0.632. The van der Waals surface area contributed by atoms with Gasteiger partial charge in [-0.1, -0.05) is 176 Å². The van der Waals surface area contributed by atoms with E-state index in [9.17, 15) is 0 Å². The van der Waals surface area contributed by atoms with E-state index in [1.54, 1.807) is 0 Å². The van der Waals surface area contributed by atoms with Crippen LogP contribution in [0.25, 0.3) is 88.0 Å². The van der Waals surface area contributed by atoms with E-state index in [0.717, 1.165) is 50.5 Å². The zero-order valence-electron chi connectivity index (χ0n) is 31.7. The Morgan fingerprint density at radius 3 is 1.66 bits per heavy atom. The highest BCUT2D eigenvalue weighted by Crippen LogP contribution is 2.44. The average Bonchev–Trinajstić information content (AvgIpc) is 3.70. The van der Waals surface area contributed by atoms with Crippen LogP contribution in [0.3, 0.4) is 0 Å². The number of rotatable bonds is 7. The van der Waals surface area contributed by atoms with Crippen LogP contribution in [-0.4, -0.2) is 0 Å². The molecule has 0 aliphatic rings. The van der Waals surface area contributed by atoms with E-state index in [0.29, 0.717) is 0 Å².